The van der Waals surface area contributed by atoms with Crippen LogP contribution in [0.1, 0.15) is 5.56 Å². The molecule has 1 N–H and O–H groups in total. The Morgan fingerprint density at radius 2 is 2.21 bits per heavy atom. The van der Waals surface area contributed by atoms with Crippen LogP contribution in [0.3, 0.4) is 0 Å². The Kier molecular flexibility index (Phi) is 4.58. The molecule has 0 aliphatic heterocycles. The highest BCUT2D eigenvalue weighted by atomic mass is 32.2. The summed E-state index contributed by atoms with van der Waals surface area (Å²) in [5, 5.41) is 3.08. The molecule has 0 fully saturated rings. The first kappa shape index (κ1) is 11.2. The molecule has 0 heterocycles. The van der Waals surface area contributed by atoms with Crippen molar-refractivity contribution in [3.63, 3.8) is 0 Å². The Balaban J connectivity index is 2.54. The van der Waals surface area contributed by atoms with Crippen LogP contribution in [0.25, 0.3) is 0 Å². The number of rotatable bonds is 4. The van der Waals surface area contributed by atoms with Gasteiger partial charge in [-0.3, -0.25) is 0 Å². The Morgan fingerprint density at radius 3 is 2.79 bits per heavy atom. The summed E-state index contributed by atoms with van der Waals surface area (Å²) in [5.41, 5.74) is 1.31. The topological polar surface area (TPSA) is 12.0 Å². The second-order valence-corrected chi connectivity index (χ2v) is 4.15. The molecule has 1 aromatic rings. The monoisotopic (exact) mass is 205 g/mol. The van der Waals surface area contributed by atoms with Gasteiger partial charge in [0.05, 0.1) is 6.04 Å². The zero-order valence-electron chi connectivity index (χ0n) is 8.58. The van der Waals surface area contributed by atoms with Crippen molar-refractivity contribution in [2.24, 2.45) is 0 Å². The average molecular weight is 205 g/mol. The van der Waals surface area contributed by atoms with Gasteiger partial charge >= 0.3 is 0 Å². The van der Waals surface area contributed by atoms with E-state index in [-0.39, 0.29) is 6.04 Å². The van der Waals surface area contributed by atoms with E-state index in [0.717, 1.165) is 5.75 Å². The van der Waals surface area contributed by atoms with E-state index in [1.165, 1.54) is 10.5 Å². The van der Waals surface area contributed by atoms with Crippen LogP contribution in [-0.2, 0) is 0 Å². The van der Waals surface area contributed by atoms with Gasteiger partial charge in [-0.25, -0.2) is 0 Å². The summed E-state index contributed by atoms with van der Waals surface area (Å²) in [6.45, 7) is 2.12. The second-order valence-electron chi connectivity index (χ2n) is 3.08. The summed E-state index contributed by atoms with van der Waals surface area (Å²) in [6, 6.07) is 8.51. The van der Waals surface area contributed by atoms with Gasteiger partial charge in [-0.05, 0) is 25.6 Å². The molecule has 0 aromatic heterocycles. The Morgan fingerprint density at radius 1 is 1.50 bits per heavy atom. The fraction of sp³-hybridized carbons (Fsp3) is 0.333. The lowest BCUT2D eigenvalue weighted by molar-refractivity contribution is 0.759. The van der Waals surface area contributed by atoms with Crippen molar-refractivity contribution >= 4 is 11.8 Å². The van der Waals surface area contributed by atoms with Crippen molar-refractivity contribution in [2.45, 2.75) is 17.9 Å². The molecule has 1 unspecified atom stereocenters. The summed E-state index contributed by atoms with van der Waals surface area (Å²) in [5.74, 6) is 3.62. The van der Waals surface area contributed by atoms with E-state index in [4.69, 9.17) is 6.42 Å². The van der Waals surface area contributed by atoms with Crippen LogP contribution in [-0.4, -0.2) is 18.8 Å². The number of thioether (sulfide) groups is 1. The maximum atomic E-state index is 5.36. The third-order valence-corrected chi connectivity index (χ3v) is 3.32. The molecule has 0 spiro atoms. The molecule has 0 saturated heterocycles. The minimum absolute atomic E-state index is 0.152. The van der Waals surface area contributed by atoms with Gasteiger partial charge in [-0.1, -0.05) is 24.1 Å². The normalized spacial score (nSPS) is 12.1. The quantitative estimate of drug-likeness (QED) is 0.598. The first-order chi connectivity index (χ1) is 6.77. The molecule has 0 aliphatic carbocycles. The van der Waals surface area contributed by atoms with Crippen LogP contribution in [0.2, 0.25) is 0 Å². The number of hydrogen-bond donors (Lipinski definition) is 1. The van der Waals surface area contributed by atoms with E-state index in [0.29, 0.717) is 0 Å². The largest absolute Gasteiger partial charge is 0.306 e. The minimum atomic E-state index is 0.152. The fourth-order valence-corrected chi connectivity index (χ4v) is 2.19. The molecule has 14 heavy (non-hydrogen) atoms. The van der Waals surface area contributed by atoms with Gasteiger partial charge in [0.2, 0.25) is 0 Å². The molecule has 1 rings (SSSR count). The highest BCUT2D eigenvalue weighted by Gasteiger charge is 2.03. The molecule has 74 valence electrons. The van der Waals surface area contributed by atoms with Crippen molar-refractivity contribution in [2.75, 3.05) is 12.8 Å². The summed E-state index contributed by atoms with van der Waals surface area (Å²) in [6.07, 6.45) is 5.36. The highest BCUT2D eigenvalue weighted by Crippen LogP contribution is 2.22. The summed E-state index contributed by atoms with van der Waals surface area (Å²) < 4.78 is 0. The number of nitrogens with one attached hydrogen (secondary N) is 1. The molecule has 0 aliphatic rings. The van der Waals surface area contributed by atoms with Crippen LogP contribution in [0, 0.1) is 19.3 Å². The standard InChI is InChI=1S/C12H15NS/c1-4-11(13-3)9-14-12-8-6-5-7-10(12)2/h1,5-8,11,13H,9H2,2-3H3. The van der Waals surface area contributed by atoms with Crippen LogP contribution in [0.4, 0.5) is 0 Å². The van der Waals surface area contributed by atoms with Gasteiger partial charge in [0.25, 0.3) is 0 Å². The van der Waals surface area contributed by atoms with Crippen LogP contribution in [0.5, 0.6) is 0 Å². The van der Waals surface area contributed by atoms with Gasteiger partial charge in [0.15, 0.2) is 0 Å². The Bertz CT molecular complexity index is 327. The van der Waals surface area contributed by atoms with E-state index >= 15 is 0 Å². The molecule has 1 atom stereocenters. The van der Waals surface area contributed by atoms with Gasteiger partial charge in [0, 0.05) is 10.6 Å². The maximum absolute atomic E-state index is 5.36. The highest BCUT2D eigenvalue weighted by molar-refractivity contribution is 7.99. The van der Waals surface area contributed by atoms with Crippen molar-refractivity contribution in [3.05, 3.63) is 29.8 Å². The van der Waals surface area contributed by atoms with Crippen molar-refractivity contribution in [1.82, 2.24) is 5.32 Å². The molecule has 1 nitrogen and oxygen atoms in total. The van der Waals surface area contributed by atoms with Gasteiger partial charge in [0.1, 0.15) is 0 Å². The minimum Gasteiger partial charge on any atom is -0.306 e. The van der Waals surface area contributed by atoms with Crippen molar-refractivity contribution in [1.29, 1.82) is 0 Å². The smallest absolute Gasteiger partial charge is 0.0779 e. The van der Waals surface area contributed by atoms with E-state index in [1.54, 1.807) is 11.8 Å². The van der Waals surface area contributed by atoms with E-state index in [2.05, 4.69) is 42.4 Å². The average Bonchev–Trinajstić information content (AvgIpc) is 2.22. The Hall–Kier alpha value is -0.910. The second kappa shape index (κ2) is 5.74. The predicted molar refractivity (Wildman–Crippen MR) is 63.6 cm³/mol. The third-order valence-electron chi connectivity index (χ3n) is 2.05. The predicted octanol–water partition coefficient (Wildman–Crippen LogP) is 2.31. The SMILES string of the molecule is C#CC(CSc1ccccc1C)NC. The molecular weight excluding hydrogens is 190 g/mol. The third kappa shape index (κ3) is 3.10. The van der Waals surface area contributed by atoms with E-state index in [9.17, 15) is 0 Å². The summed E-state index contributed by atoms with van der Waals surface area (Å²) in [7, 11) is 1.89. The van der Waals surface area contributed by atoms with Crippen molar-refractivity contribution in [3.8, 4) is 12.3 Å². The molecule has 0 radical (unpaired) electrons. The van der Waals surface area contributed by atoms with Gasteiger partial charge in [-0.2, -0.15) is 0 Å². The molecule has 0 amide bonds. The van der Waals surface area contributed by atoms with Crippen LogP contribution >= 0.6 is 11.8 Å². The zero-order valence-corrected chi connectivity index (χ0v) is 9.40. The van der Waals surface area contributed by atoms with E-state index in [1.807, 2.05) is 7.05 Å². The number of terminal acetylenes is 1. The fourth-order valence-electron chi connectivity index (χ4n) is 1.11. The van der Waals surface area contributed by atoms with E-state index < -0.39 is 0 Å². The van der Waals surface area contributed by atoms with Crippen molar-refractivity contribution < 1.29 is 0 Å². The van der Waals surface area contributed by atoms with Gasteiger partial charge < -0.3 is 5.32 Å². The molecular formula is C12H15NS. The van der Waals surface area contributed by atoms with Gasteiger partial charge in [-0.15, -0.1) is 18.2 Å². The maximum Gasteiger partial charge on any atom is 0.0779 e. The molecule has 0 bridgehead atoms. The first-order valence-corrected chi connectivity index (χ1v) is 5.58. The summed E-state index contributed by atoms with van der Waals surface area (Å²) >= 11 is 1.80. The number of hydrogen-bond acceptors (Lipinski definition) is 2. The number of benzene rings is 1. The lowest BCUT2D eigenvalue weighted by Crippen LogP contribution is -2.25. The number of aryl methyl sites for hydroxylation is 1. The van der Waals surface area contributed by atoms with Crippen LogP contribution in [0.15, 0.2) is 29.2 Å². The molecule has 0 saturated carbocycles. The zero-order chi connectivity index (χ0) is 10.4. The molecule has 1 aromatic carbocycles. The first-order valence-electron chi connectivity index (χ1n) is 4.59. The summed E-state index contributed by atoms with van der Waals surface area (Å²) in [4.78, 5) is 1.31. The molecule has 2 heteroatoms. The lowest BCUT2D eigenvalue weighted by atomic mass is 10.2. The van der Waals surface area contributed by atoms with Crippen LogP contribution < -0.4 is 5.32 Å². The Labute approximate surface area is 90.3 Å². The lowest BCUT2D eigenvalue weighted by Gasteiger charge is -2.09.